The van der Waals surface area contributed by atoms with Gasteiger partial charge in [0.15, 0.2) is 0 Å². The predicted molar refractivity (Wildman–Crippen MR) is 231 cm³/mol. The summed E-state index contributed by atoms with van der Waals surface area (Å²) in [6, 6.07) is 16.1. The molecule has 12 heteroatoms. The molecule has 1 unspecified atom stereocenters. The zero-order valence-corrected chi connectivity index (χ0v) is 35.9. The van der Waals surface area contributed by atoms with Crippen molar-refractivity contribution in [2.75, 3.05) is 45.9 Å². The minimum absolute atomic E-state index is 0.0303. The summed E-state index contributed by atoms with van der Waals surface area (Å²) in [6.45, 7) is 12.2. The number of halogens is 1. The molecule has 3 saturated heterocycles. The Labute approximate surface area is 360 Å². The van der Waals surface area contributed by atoms with Crippen molar-refractivity contribution in [2.45, 2.75) is 101 Å². The first-order valence-corrected chi connectivity index (χ1v) is 23.0. The number of likely N-dealkylation sites (tertiary alicyclic amines) is 2. The lowest BCUT2D eigenvalue weighted by Gasteiger charge is -2.46. The number of piperidine rings is 3. The van der Waals surface area contributed by atoms with Gasteiger partial charge in [0.1, 0.15) is 17.6 Å². The monoisotopic (exact) mass is 840 g/mol. The zero-order valence-electron chi connectivity index (χ0n) is 35.1. The molecule has 2 atom stereocenters. The second kappa shape index (κ2) is 13.5. The van der Waals surface area contributed by atoms with Crippen molar-refractivity contribution in [1.82, 2.24) is 29.6 Å². The summed E-state index contributed by atoms with van der Waals surface area (Å²) in [5.41, 5.74) is 7.10. The van der Waals surface area contributed by atoms with Gasteiger partial charge in [0.25, 0.3) is 11.5 Å². The maximum absolute atomic E-state index is 13.4. The number of hydrogen-bond donors (Lipinski definition) is 1. The van der Waals surface area contributed by atoms with E-state index in [1.54, 1.807) is 11.0 Å². The van der Waals surface area contributed by atoms with E-state index in [1.807, 2.05) is 18.2 Å². The maximum atomic E-state index is 13.4. The van der Waals surface area contributed by atoms with Gasteiger partial charge >= 0.3 is 0 Å². The Morgan fingerprint density at radius 3 is 2.48 bits per heavy atom. The molecular weight excluding hydrogens is 788 g/mol. The van der Waals surface area contributed by atoms with E-state index in [9.17, 15) is 19.2 Å². The van der Waals surface area contributed by atoms with Crippen LogP contribution in [0.2, 0.25) is 5.02 Å². The molecule has 7 heterocycles. The molecule has 3 amide bonds. The number of amides is 3. The lowest BCUT2D eigenvalue weighted by atomic mass is 9.68. The first kappa shape index (κ1) is 38.1. The van der Waals surface area contributed by atoms with Gasteiger partial charge in [0.05, 0.1) is 40.2 Å². The predicted octanol–water partition coefficient (Wildman–Crippen LogP) is 6.46. The molecule has 3 aliphatic carbocycles. The largest absolute Gasteiger partial charge is 0.492 e. The highest BCUT2D eigenvalue weighted by Crippen LogP contribution is 2.62. The number of rotatable bonds is 6. The van der Waals surface area contributed by atoms with Gasteiger partial charge in [-0.3, -0.25) is 29.1 Å². The third-order valence-electron chi connectivity index (χ3n) is 16.8. The Bertz CT molecular complexity index is 2630. The minimum Gasteiger partial charge on any atom is -0.492 e. The number of carbonyl (C=O) groups excluding carboxylic acids is 3. The van der Waals surface area contributed by atoms with Crippen molar-refractivity contribution < 1.29 is 19.1 Å². The average Bonchev–Trinajstić information content (AvgIpc) is 4.01. The van der Waals surface area contributed by atoms with Crippen LogP contribution in [0.3, 0.4) is 0 Å². The zero-order chi connectivity index (χ0) is 41.6. The standard InChI is InChI=1S/C49H53ClN6O5/c1-47(2)34-8-6-29(20-39(34)56-37-5-3-4-36(50)41(37)44(59)52-46(47)56)28-12-16-53(17-13-28)24-31-23-48(21-30(31)22-48)26-54-18-14-49(15-19-54)27-61-42-33-25-55(38-10-11-40(57)51-43(38)58)45(60)32(33)7-9-35(42)49/h3-9,20,28,30-31,38H,10-19,21-27H2,1-2H3,(H,51,57,58)/t30?,31?,38-,48?/m0/s1. The van der Waals surface area contributed by atoms with E-state index in [1.165, 1.54) is 49.0 Å². The van der Waals surface area contributed by atoms with E-state index in [-0.39, 0.29) is 40.5 Å². The van der Waals surface area contributed by atoms with Crippen LogP contribution in [-0.2, 0) is 27.0 Å². The van der Waals surface area contributed by atoms with Gasteiger partial charge in [-0.2, -0.15) is 4.98 Å². The van der Waals surface area contributed by atoms with Gasteiger partial charge in [0, 0.05) is 41.6 Å². The average molecular weight is 841 g/mol. The molecule has 9 aliphatic rings. The molecule has 1 spiro atoms. The van der Waals surface area contributed by atoms with Crippen molar-refractivity contribution in [2.24, 2.45) is 17.3 Å². The summed E-state index contributed by atoms with van der Waals surface area (Å²) in [4.78, 5) is 62.7. The van der Waals surface area contributed by atoms with Crippen LogP contribution in [0.15, 0.2) is 53.3 Å². The fourth-order valence-corrected chi connectivity index (χ4v) is 13.8. The van der Waals surface area contributed by atoms with Gasteiger partial charge in [-0.05, 0) is 150 Å². The van der Waals surface area contributed by atoms with E-state index in [4.69, 9.17) is 16.3 Å². The number of nitrogens with zero attached hydrogens (tertiary/aromatic N) is 5. The molecule has 3 aromatic carbocycles. The number of nitrogens with one attached hydrogen (secondary N) is 1. The molecule has 6 fully saturated rings. The Balaban J connectivity index is 0.661. The molecule has 3 saturated carbocycles. The third kappa shape index (κ3) is 5.71. The molecule has 1 N–H and O–H groups in total. The van der Waals surface area contributed by atoms with Crippen LogP contribution in [0.25, 0.3) is 16.6 Å². The van der Waals surface area contributed by atoms with Gasteiger partial charge < -0.3 is 19.4 Å². The van der Waals surface area contributed by atoms with Crippen molar-refractivity contribution in [1.29, 1.82) is 0 Å². The Morgan fingerprint density at radius 2 is 1.69 bits per heavy atom. The quantitative estimate of drug-likeness (QED) is 0.220. The van der Waals surface area contributed by atoms with Gasteiger partial charge in [-0.15, -0.1) is 0 Å². The smallest absolute Gasteiger partial charge is 0.282 e. The third-order valence-corrected chi connectivity index (χ3v) is 17.1. The summed E-state index contributed by atoms with van der Waals surface area (Å²) >= 11 is 6.54. The highest BCUT2D eigenvalue weighted by atomic mass is 35.5. The molecule has 0 radical (unpaired) electrons. The SMILES string of the molecule is CC1(C)c2ccc(C3CCN(CC4CC5(CN6CCC7(CC6)COc6c7ccc7c6CN([C@H]6CCC(=O)NC6=O)C7=O)CC4C5)CC3)cc2-n2c1nc(=O)c1c(Cl)cccc12. The van der Waals surface area contributed by atoms with Crippen LogP contribution in [0, 0.1) is 17.3 Å². The number of fused-ring (bicyclic) bond motifs is 10. The second-order valence-electron chi connectivity index (χ2n) is 20.5. The highest BCUT2D eigenvalue weighted by Gasteiger charge is 2.57. The molecule has 316 valence electrons. The van der Waals surface area contributed by atoms with E-state index < -0.39 is 6.04 Å². The molecular formula is C49H53ClN6O5. The molecule has 4 aromatic rings. The molecule has 2 bridgehead atoms. The molecule has 13 rings (SSSR count). The summed E-state index contributed by atoms with van der Waals surface area (Å²) in [5.74, 6) is 3.00. The molecule has 1 aromatic heterocycles. The lowest BCUT2D eigenvalue weighted by molar-refractivity contribution is -0.136. The van der Waals surface area contributed by atoms with Gasteiger partial charge in [-0.25, -0.2) is 0 Å². The Hall–Kier alpha value is -4.58. The van der Waals surface area contributed by atoms with Crippen LogP contribution in [0.4, 0.5) is 0 Å². The van der Waals surface area contributed by atoms with Crippen LogP contribution >= 0.6 is 11.6 Å². The number of aromatic nitrogens is 2. The van der Waals surface area contributed by atoms with Crippen molar-refractivity contribution >= 4 is 40.2 Å². The number of benzene rings is 3. The summed E-state index contributed by atoms with van der Waals surface area (Å²) in [6.07, 6.45) is 9.13. The lowest BCUT2D eigenvalue weighted by Crippen LogP contribution is -2.52. The van der Waals surface area contributed by atoms with E-state index in [2.05, 4.69) is 62.8 Å². The summed E-state index contributed by atoms with van der Waals surface area (Å²) in [7, 11) is 0. The molecule has 61 heavy (non-hydrogen) atoms. The van der Waals surface area contributed by atoms with Crippen LogP contribution in [0.5, 0.6) is 5.75 Å². The summed E-state index contributed by atoms with van der Waals surface area (Å²) in [5, 5.41) is 3.35. The topological polar surface area (TPSA) is 117 Å². The van der Waals surface area contributed by atoms with Crippen LogP contribution in [0.1, 0.15) is 116 Å². The number of hydrogen-bond acceptors (Lipinski definition) is 8. The second-order valence-corrected chi connectivity index (χ2v) is 20.9. The first-order valence-electron chi connectivity index (χ1n) is 22.7. The fourth-order valence-electron chi connectivity index (χ4n) is 13.5. The number of carbonyl (C=O) groups is 3. The van der Waals surface area contributed by atoms with Crippen molar-refractivity contribution in [3.05, 3.63) is 97.5 Å². The van der Waals surface area contributed by atoms with E-state index in [0.29, 0.717) is 46.9 Å². The molecule has 6 aliphatic heterocycles. The first-order chi connectivity index (χ1) is 29.4. The van der Waals surface area contributed by atoms with Crippen LogP contribution < -0.4 is 15.6 Å². The Morgan fingerprint density at radius 1 is 0.902 bits per heavy atom. The van der Waals surface area contributed by atoms with E-state index >= 15 is 0 Å². The fraction of sp³-hybridized carbons (Fsp3) is 0.531. The van der Waals surface area contributed by atoms with Crippen molar-refractivity contribution in [3.8, 4) is 11.4 Å². The normalized spacial score (nSPS) is 28.7. The minimum atomic E-state index is -0.620. The van der Waals surface area contributed by atoms with Crippen molar-refractivity contribution in [3.63, 3.8) is 0 Å². The van der Waals surface area contributed by atoms with Gasteiger partial charge in [-0.1, -0.05) is 35.9 Å². The Kier molecular flexibility index (Phi) is 8.41. The number of imide groups is 1. The van der Waals surface area contributed by atoms with Gasteiger partial charge in [0.2, 0.25) is 11.8 Å². The van der Waals surface area contributed by atoms with E-state index in [0.717, 1.165) is 92.0 Å². The molecule has 11 nitrogen and oxygen atoms in total. The van der Waals surface area contributed by atoms with Crippen LogP contribution in [-0.4, -0.2) is 93.9 Å². The highest BCUT2D eigenvalue weighted by molar-refractivity contribution is 6.35. The summed E-state index contributed by atoms with van der Waals surface area (Å²) < 4.78 is 8.64. The number of ether oxygens (including phenoxy) is 1. The maximum Gasteiger partial charge on any atom is 0.282 e.